The van der Waals surface area contributed by atoms with Gasteiger partial charge in [-0.15, -0.1) is 11.3 Å². The fraction of sp³-hybridized carbons (Fsp3) is 0.0741. The van der Waals surface area contributed by atoms with Crippen LogP contribution < -0.4 is 5.32 Å². The third-order valence-electron chi connectivity index (χ3n) is 5.43. The minimum absolute atomic E-state index is 0.0248. The third-order valence-corrected chi connectivity index (χ3v) is 6.59. The summed E-state index contributed by atoms with van der Waals surface area (Å²) >= 11 is 1.61. The van der Waals surface area contributed by atoms with Crippen LogP contribution >= 0.6 is 11.3 Å². The number of benzene rings is 3. The van der Waals surface area contributed by atoms with E-state index in [-0.39, 0.29) is 18.8 Å². The lowest BCUT2D eigenvalue weighted by Gasteiger charge is -2.13. The second kappa shape index (κ2) is 9.43. The van der Waals surface area contributed by atoms with Crippen molar-refractivity contribution in [3.05, 3.63) is 96.7 Å². The van der Waals surface area contributed by atoms with E-state index >= 15 is 0 Å². The fourth-order valence-electron chi connectivity index (χ4n) is 3.82. The van der Waals surface area contributed by atoms with Gasteiger partial charge in [-0.2, -0.15) is 0 Å². The molecule has 0 bridgehead atoms. The summed E-state index contributed by atoms with van der Waals surface area (Å²) in [6.45, 7) is -0.297. The van der Waals surface area contributed by atoms with E-state index in [1.165, 1.54) is 6.08 Å². The normalized spacial score (nSPS) is 13.3. The number of hydrogen-bond donors (Lipinski definition) is 2. The van der Waals surface area contributed by atoms with Gasteiger partial charge in [0.1, 0.15) is 10.7 Å². The molecule has 6 nitrogen and oxygen atoms in total. The van der Waals surface area contributed by atoms with Crippen molar-refractivity contribution in [3.63, 3.8) is 0 Å². The molecule has 2 N–H and O–H groups in total. The highest BCUT2D eigenvalue weighted by Crippen LogP contribution is 2.40. The Morgan fingerprint density at radius 3 is 2.24 bits per heavy atom. The minimum Gasteiger partial charge on any atom is -0.395 e. The van der Waals surface area contributed by atoms with Crippen molar-refractivity contribution >= 4 is 28.8 Å². The first kappa shape index (κ1) is 21.8. The number of aliphatic hydroxyl groups is 1. The number of anilines is 1. The second-order valence-electron chi connectivity index (χ2n) is 7.71. The Kier molecular flexibility index (Phi) is 6.03. The van der Waals surface area contributed by atoms with Gasteiger partial charge < -0.3 is 10.4 Å². The molecule has 0 saturated carbocycles. The number of imide groups is 1. The van der Waals surface area contributed by atoms with Gasteiger partial charge in [0.2, 0.25) is 0 Å². The predicted molar refractivity (Wildman–Crippen MR) is 134 cm³/mol. The molecule has 3 aromatic carbocycles. The van der Waals surface area contributed by atoms with Crippen LogP contribution in [0.1, 0.15) is 0 Å². The maximum atomic E-state index is 12.5. The minimum atomic E-state index is -0.448. The highest BCUT2D eigenvalue weighted by molar-refractivity contribution is 7.19. The molecule has 168 valence electrons. The van der Waals surface area contributed by atoms with Gasteiger partial charge in [-0.3, -0.25) is 14.5 Å². The lowest BCUT2D eigenvalue weighted by Crippen LogP contribution is -2.34. The molecular weight excluding hydrogens is 446 g/mol. The molecule has 2 heterocycles. The molecule has 1 aliphatic rings. The first-order valence-corrected chi connectivity index (χ1v) is 11.6. The van der Waals surface area contributed by atoms with Crippen LogP contribution in [-0.2, 0) is 9.59 Å². The van der Waals surface area contributed by atoms with E-state index in [1.807, 2.05) is 60.7 Å². The Labute approximate surface area is 200 Å². The smallest absolute Gasteiger partial charge is 0.277 e. The monoisotopic (exact) mass is 467 g/mol. The number of β-amino-alcohol motifs (C(OH)–C–C–N with tert-alkyl or cyclic N) is 1. The summed E-state index contributed by atoms with van der Waals surface area (Å²) in [6, 6.07) is 27.9. The van der Waals surface area contributed by atoms with E-state index < -0.39 is 11.8 Å². The van der Waals surface area contributed by atoms with Crippen molar-refractivity contribution in [3.8, 4) is 32.3 Å². The number of amides is 2. The summed E-state index contributed by atoms with van der Waals surface area (Å²) in [6.07, 6.45) is 1.26. The topological polar surface area (TPSA) is 82.5 Å². The number of aromatic nitrogens is 1. The SMILES string of the molecule is O=C1C=C(Nc2cccc(-c3nc(-c4ccccc4)c(-c4ccccc4)s3)c2)C(=O)N1CCO. The molecule has 0 aliphatic carbocycles. The van der Waals surface area contributed by atoms with Crippen molar-refractivity contribution in [2.75, 3.05) is 18.5 Å². The van der Waals surface area contributed by atoms with E-state index in [1.54, 1.807) is 11.3 Å². The number of nitrogens with one attached hydrogen (secondary N) is 1. The zero-order chi connectivity index (χ0) is 23.5. The number of thiazole rings is 1. The Morgan fingerprint density at radius 2 is 1.53 bits per heavy atom. The van der Waals surface area contributed by atoms with Crippen LogP contribution in [0.15, 0.2) is 96.7 Å². The van der Waals surface area contributed by atoms with Crippen LogP contribution in [0.25, 0.3) is 32.3 Å². The van der Waals surface area contributed by atoms with E-state index in [9.17, 15) is 9.59 Å². The Hall–Kier alpha value is -4.07. The van der Waals surface area contributed by atoms with Gasteiger partial charge in [0.25, 0.3) is 11.8 Å². The average molecular weight is 468 g/mol. The molecule has 5 rings (SSSR count). The lowest BCUT2D eigenvalue weighted by atomic mass is 10.1. The van der Waals surface area contributed by atoms with E-state index in [0.29, 0.717) is 5.69 Å². The summed E-state index contributed by atoms with van der Waals surface area (Å²) < 4.78 is 0. The first-order chi connectivity index (χ1) is 16.6. The van der Waals surface area contributed by atoms with Gasteiger partial charge in [0, 0.05) is 22.9 Å². The highest BCUT2D eigenvalue weighted by atomic mass is 32.1. The standard InChI is InChI=1S/C27H21N3O3S/c31-15-14-30-23(32)17-22(27(30)33)28-21-13-7-12-20(16-21)26-29-24(18-8-3-1-4-9-18)25(34-26)19-10-5-2-6-11-19/h1-13,16-17,28,31H,14-15H2. The first-order valence-electron chi connectivity index (χ1n) is 10.8. The Bertz CT molecular complexity index is 1320. The molecule has 0 unspecified atom stereocenters. The van der Waals surface area contributed by atoms with Crippen LogP contribution in [0.4, 0.5) is 5.69 Å². The summed E-state index contributed by atoms with van der Waals surface area (Å²) in [7, 11) is 0. The zero-order valence-electron chi connectivity index (χ0n) is 18.1. The average Bonchev–Trinajstić information content (AvgIpc) is 3.43. The number of carbonyl (C=O) groups excluding carboxylic acids is 2. The molecule has 0 radical (unpaired) electrons. The molecule has 2 amide bonds. The van der Waals surface area contributed by atoms with Crippen LogP contribution in [0.2, 0.25) is 0 Å². The Balaban J connectivity index is 1.49. The summed E-state index contributed by atoms with van der Waals surface area (Å²) in [4.78, 5) is 31.6. The maximum Gasteiger partial charge on any atom is 0.277 e. The quantitative estimate of drug-likeness (QED) is 0.382. The van der Waals surface area contributed by atoms with Crippen LogP contribution in [0.5, 0.6) is 0 Å². The van der Waals surface area contributed by atoms with Gasteiger partial charge >= 0.3 is 0 Å². The van der Waals surface area contributed by atoms with Crippen LogP contribution in [-0.4, -0.2) is 40.0 Å². The zero-order valence-corrected chi connectivity index (χ0v) is 19.0. The number of aliphatic hydroxyl groups excluding tert-OH is 1. The van der Waals surface area contributed by atoms with Crippen LogP contribution in [0.3, 0.4) is 0 Å². The molecule has 34 heavy (non-hydrogen) atoms. The third kappa shape index (κ3) is 4.26. The predicted octanol–water partition coefficient (Wildman–Crippen LogP) is 4.80. The second-order valence-corrected chi connectivity index (χ2v) is 8.71. The Morgan fingerprint density at radius 1 is 0.853 bits per heavy atom. The molecule has 7 heteroatoms. The fourth-order valence-corrected chi connectivity index (χ4v) is 4.91. The summed E-state index contributed by atoms with van der Waals surface area (Å²) in [5.74, 6) is -0.880. The van der Waals surface area contributed by atoms with Gasteiger partial charge in [-0.25, -0.2) is 4.98 Å². The maximum absolute atomic E-state index is 12.5. The van der Waals surface area contributed by atoms with Gasteiger partial charge in [-0.1, -0.05) is 72.8 Å². The van der Waals surface area contributed by atoms with Gasteiger partial charge in [0.15, 0.2) is 0 Å². The summed E-state index contributed by atoms with van der Waals surface area (Å²) in [5.41, 5.74) is 4.83. The lowest BCUT2D eigenvalue weighted by molar-refractivity contribution is -0.137. The van der Waals surface area contributed by atoms with Crippen molar-refractivity contribution < 1.29 is 14.7 Å². The highest BCUT2D eigenvalue weighted by Gasteiger charge is 2.30. The largest absolute Gasteiger partial charge is 0.395 e. The number of nitrogens with zero attached hydrogens (tertiary/aromatic N) is 2. The van der Waals surface area contributed by atoms with Gasteiger partial charge in [0.05, 0.1) is 23.7 Å². The van der Waals surface area contributed by atoms with Crippen molar-refractivity contribution in [2.24, 2.45) is 0 Å². The molecule has 0 fully saturated rings. The molecule has 4 aromatic rings. The van der Waals surface area contributed by atoms with E-state index in [4.69, 9.17) is 10.1 Å². The van der Waals surface area contributed by atoms with Crippen LogP contribution in [0, 0.1) is 0 Å². The molecule has 0 spiro atoms. The molecular formula is C27H21N3O3S. The molecule has 1 aliphatic heterocycles. The molecule has 0 atom stereocenters. The van der Waals surface area contributed by atoms with Crippen molar-refractivity contribution in [1.82, 2.24) is 9.88 Å². The molecule has 1 aromatic heterocycles. The van der Waals surface area contributed by atoms with E-state index in [2.05, 4.69) is 29.6 Å². The molecule has 0 saturated heterocycles. The van der Waals surface area contributed by atoms with E-state index in [0.717, 1.165) is 37.2 Å². The number of rotatable bonds is 7. The number of hydrogen-bond acceptors (Lipinski definition) is 6. The van der Waals surface area contributed by atoms with Crippen molar-refractivity contribution in [2.45, 2.75) is 0 Å². The summed E-state index contributed by atoms with van der Waals surface area (Å²) in [5, 5.41) is 13.0. The van der Waals surface area contributed by atoms with Gasteiger partial charge in [-0.05, 0) is 17.7 Å². The van der Waals surface area contributed by atoms with Crippen molar-refractivity contribution in [1.29, 1.82) is 0 Å². The number of carbonyl (C=O) groups is 2.